The minimum absolute atomic E-state index is 0.761. The maximum Gasteiger partial charge on any atom is 0.195 e. The molecule has 0 aliphatic carbocycles. The number of halogens is 1. The second-order valence-corrected chi connectivity index (χ2v) is 6.07. The highest BCUT2D eigenvalue weighted by molar-refractivity contribution is 7.99. The van der Waals surface area contributed by atoms with Crippen molar-refractivity contribution in [3.8, 4) is 0 Å². The van der Waals surface area contributed by atoms with Crippen molar-refractivity contribution in [1.29, 1.82) is 0 Å². The summed E-state index contributed by atoms with van der Waals surface area (Å²) in [6.45, 7) is 5.92. The van der Waals surface area contributed by atoms with Gasteiger partial charge in [0.15, 0.2) is 5.16 Å². The van der Waals surface area contributed by atoms with E-state index in [1.165, 1.54) is 5.56 Å². The molecule has 2 aromatic rings. The van der Waals surface area contributed by atoms with Gasteiger partial charge in [0.05, 0.1) is 0 Å². The van der Waals surface area contributed by atoms with Crippen LogP contribution in [0.5, 0.6) is 0 Å². The fourth-order valence-corrected chi connectivity index (χ4v) is 2.90. The molecule has 0 unspecified atom stereocenters. The monoisotopic (exact) mass is 310 g/mol. The fourth-order valence-electron chi connectivity index (χ4n) is 1.76. The summed E-state index contributed by atoms with van der Waals surface area (Å²) in [7, 11) is 1.97. The molecule has 1 aromatic carbocycles. The van der Waals surface area contributed by atoms with E-state index in [0.717, 1.165) is 40.4 Å². The van der Waals surface area contributed by atoms with Gasteiger partial charge < -0.3 is 9.88 Å². The molecule has 0 fully saturated rings. The number of nitrogens with zero attached hydrogens (tertiary/aromatic N) is 3. The van der Waals surface area contributed by atoms with Gasteiger partial charge in [-0.05, 0) is 55.4 Å². The van der Waals surface area contributed by atoms with Gasteiger partial charge in [-0.3, -0.25) is 0 Å². The summed E-state index contributed by atoms with van der Waals surface area (Å²) in [6, 6.07) is 5.96. The molecule has 4 nitrogen and oxygen atoms in total. The molecule has 0 bridgehead atoms. The average molecular weight is 311 g/mol. The molecular weight excluding hydrogens is 292 g/mol. The smallest absolute Gasteiger partial charge is 0.195 e. The lowest BCUT2D eigenvalue weighted by atomic mass is 10.2. The van der Waals surface area contributed by atoms with E-state index < -0.39 is 0 Å². The fraction of sp³-hybridized carbons (Fsp3) is 0.429. The van der Waals surface area contributed by atoms with Crippen LogP contribution in [-0.2, 0) is 13.6 Å². The molecule has 0 aliphatic heterocycles. The van der Waals surface area contributed by atoms with Crippen LogP contribution in [0.1, 0.15) is 24.7 Å². The highest BCUT2D eigenvalue weighted by Gasteiger charge is 2.10. The van der Waals surface area contributed by atoms with E-state index in [9.17, 15) is 0 Å². The Morgan fingerprint density at radius 3 is 2.80 bits per heavy atom. The summed E-state index contributed by atoms with van der Waals surface area (Å²) < 4.78 is 1.99. The maximum absolute atomic E-state index is 6.10. The third kappa shape index (κ3) is 3.75. The predicted octanol–water partition coefficient (Wildman–Crippen LogP) is 3.43. The van der Waals surface area contributed by atoms with E-state index in [-0.39, 0.29) is 0 Å². The molecule has 6 heteroatoms. The van der Waals surface area contributed by atoms with Crippen LogP contribution < -0.4 is 5.32 Å². The highest BCUT2D eigenvalue weighted by Crippen LogP contribution is 2.30. The summed E-state index contributed by atoms with van der Waals surface area (Å²) in [5.41, 5.74) is 1.19. The first-order valence-corrected chi connectivity index (χ1v) is 7.84. The van der Waals surface area contributed by atoms with E-state index in [4.69, 9.17) is 11.6 Å². The number of aryl methyl sites for hydroxylation is 1. The summed E-state index contributed by atoms with van der Waals surface area (Å²) in [5.74, 6) is 0.909. The molecule has 0 saturated carbocycles. The van der Waals surface area contributed by atoms with Crippen LogP contribution in [0.25, 0.3) is 0 Å². The van der Waals surface area contributed by atoms with Gasteiger partial charge in [0.25, 0.3) is 0 Å². The highest BCUT2D eigenvalue weighted by atomic mass is 35.5. The van der Waals surface area contributed by atoms with Gasteiger partial charge in [0.2, 0.25) is 0 Å². The minimum Gasteiger partial charge on any atom is -0.313 e. The van der Waals surface area contributed by atoms with Crippen molar-refractivity contribution in [2.45, 2.75) is 36.9 Å². The summed E-state index contributed by atoms with van der Waals surface area (Å²) in [5, 5.41) is 13.3. The Balaban J connectivity index is 2.19. The van der Waals surface area contributed by atoms with Crippen molar-refractivity contribution in [3.63, 3.8) is 0 Å². The Labute approximate surface area is 128 Å². The third-order valence-electron chi connectivity index (χ3n) is 3.02. The standard InChI is InChI=1S/C14H19ClN4S/c1-4-7-16-9-11-8-12(15)5-6-13(11)20-14-18-17-10(2)19(14)3/h5-6,8,16H,4,7,9H2,1-3H3. The van der Waals surface area contributed by atoms with Crippen molar-refractivity contribution >= 4 is 23.4 Å². The Morgan fingerprint density at radius 1 is 1.35 bits per heavy atom. The van der Waals surface area contributed by atoms with Crippen molar-refractivity contribution < 1.29 is 0 Å². The first-order valence-electron chi connectivity index (χ1n) is 6.64. The zero-order chi connectivity index (χ0) is 14.5. The van der Waals surface area contributed by atoms with Gasteiger partial charge >= 0.3 is 0 Å². The number of hydrogen-bond donors (Lipinski definition) is 1. The molecule has 1 aromatic heterocycles. The first kappa shape index (κ1) is 15.4. The molecule has 0 saturated heterocycles. The lowest BCUT2D eigenvalue weighted by Crippen LogP contribution is -2.14. The number of benzene rings is 1. The van der Waals surface area contributed by atoms with E-state index >= 15 is 0 Å². The van der Waals surface area contributed by atoms with E-state index in [2.05, 4.69) is 22.4 Å². The van der Waals surface area contributed by atoms with Crippen LogP contribution in [0.2, 0.25) is 5.02 Å². The Kier molecular flexibility index (Phi) is 5.46. The molecule has 0 atom stereocenters. The Hall–Kier alpha value is -1.04. The largest absolute Gasteiger partial charge is 0.313 e. The molecular formula is C14H19ClN4S. The minimum atomic E-state index is 0.761. The van der Waals surface area contributed by atoms with E-state index in [1.807, 2.05) is 36.7 Å². The van der Waals surface area contributed by atoms with E-state index in [1.54, 1.807) is 11.8 Å². The van der Waals surface area contributed by atoms with Gasteiger partial charge in [-0.1, -0.05) is 18.5 Å². The normalized spacial score (nSPS) is 11.0. The van der Waals surface area contributed by atoms with E-state index in [0.29, 0.717) is 0 Å². The van der Waals surface area contributed by atoms with Gasteiger partial charge in [-0.2, -0.15) is 0 Å². The molecule has 0 spiro atoms. The van der Waals surface area contributed by atoms with Crippen LogP contribution in [0, 0.1) is 6.92 Å². The zero-order valence-electron chi connectivity index (χ0n) is 12.0. The second kappa shape index (κ2) is 7.11. The molecule has 20 heavy (non-hydrogen) atoms. The second-order valence-electron chi connectivity index (χ2n) is 4.62. The van der Waals surface area contributed by atoms with Crippen molar-refractivity contribution in [2.24, 2.45) is 7.05 Å². The van der Waals surface area contributed by atoms with Crippen LogP contribution in [0.15, 0.2) is 28.3 Å². The molecule has 1 N–H and O–H groups in total. The zero-order valence-corrected chi connectivity index (χ0v) is 13.6. The number of aromatic nitrogens is 3. The first-order chi connectivity index (χ1) is 9.61. The Morgan fingerprint density at radius 2 is 2.15 bits per heavy atom. The quantitative estimate of drug-likeness (QED) is 0.830. The topological polar surface area (TPSA) is 42.7 Å². The molecule has 1 heterocycles. The SMILES string of the molecule is CCCNCc1cc(Cl)ccc1Sc1nnc(C)n1C. The molecule has 2 rings (SSSR count). The average Bonchev–Trinajstić information content (AvgIpc) is 2.74. The Bertz CT molecular complexity index is 583. The van der Waals surface area contributed by atoms with Gasteiger partial charge in [0.1, 0.15) is 5.82 Å². The van der Waals surface area contributed by atoms with Gasteiger partial charge in [0, 0.05) is 23.5 Å². The van der Waals surface area contributed by atoms with Crippen molar-refractivity contribution in [2.75, 3.05) is 6.54 Å². The van der Waals surface area contributed by atoms with Crippen LogP contribution in [0.3, 0.4) is 0 Å². The number of rotatable bonds is 6. The summed E-state index contributed by atoms with van der Waals surface area (Å²) in [4.78, 5) is 1.16. The molecule has 0 aliphatic rings. The molecule has 0 radical (unpaired) electrons. The van der Waals surface area contributed by atoms with Gasteiger partial charge in [-0.15, -0.1) is 10.2 Å². The van der Waals surface area contributed by atoms with Crippen LogP contribution >= 0.6 is 23.4 Å². The van der Waals surface area contributed by atoms with Gasteiger partial charge in [-0.25, -0.2) is 0 Å². The summed E-state index contributed by atoms with van der Waals surface area (Å²) in [6.07, 6.45) is 1.12. The lowest BCUT2D eigenvalue weighted by Gasteiger charge is -2.10. The van der Waals surface area contributed by atoms with Crippen molar-refractivity contribution in [3.05, 3.63) is 34.6 Å². The van der Waals surface area contributed by atoms with Crippen LogP contribution in [-0.4, -0.2) is 21.3 Å². The molecule has 108 valence electrons. The maximum atomic E-state index is 6.10. The third-order valence-corrected chi connectivity index (χ3v) is 4.41. The van der Waals surface area contributed by atoms with Crippen molar-refractivity contribution in [1.82, 2.24) is 20.1 Å². The van der Waals surface area contributed by atoms with Crippen LogP contribution in [0.4, 0.5) is 0 Å². The summed E-state index contributed by atoms with van der Waals surface area (Å²) >= 11 is 7.72. The number of nitrogens with one attached hydrogen (secondary N) is 1. The predicted molar refractivity (Wildman–Crippen MR) is 83.3 cm³/mol. The molecule has 0 amide bonds. The lowest BCUT2D eigenvalue weighted by molar-refractivity contribution is 0.669. The number of hydrogen-bond acceptors (Lipinski definition) is 4.